The summed E-state index contributed by atoms with van der Waals surface area (Å²) in [5.41, 5.74) is 5.37. The lowest BCUT2D eigenvalue weighted by Crippen LogP contribution is -1.93. The van der Waals surface area contributed by atoms with E-state index in [4.69, 9.17) is 5.73 Å². The number of nitrogen functional groups attached to an aromatic ring is 1. The quantitative estimate of drug-likeness (QED) is 0.491. The van der Waals surface area contributed by atoms with Crippen molar-refractivity contribution >= 4 is 28.6 Å². The van der Waals surface area contributed by atoms with Crippen LogP contribution in [-0.4, -0.2) is 18.4 Å². The lowest BCUT2D eigenvalue weighted by atomic mass is 10.8. The Bertz CT molecular complexity index is 229. The first-order valence-corrected chi connectivity index (χ1v) is 3.59. The van der Waals surface area contributed by atoms with Crippen LogP contribution in [0, 0.1) is 0 Å². The molecule has 3 N–H and O–H groups in total. The van der Waals surface area contributed by atoms with Gasteiger partial charge in [-0.05, 0) is 0 Å². The molecule has 1 rings (SSSR count). The summed E-state index contributed by atoms with van der Waals surface area (Å²) in [6.45, 7) is 0. The number of nitrogens with one attached hydrogen (secondary N) is 1. The van der Waals surface area contributed by atoms with Crippen LogP contribution in [0.1, 0.15) is 0 Å². The van der Waals surface area contributed by atoms with E-state index in [1.165, 1.54) is 11.3 Å². The fourth-order valence-electron chi connectivity index (χ4n) is 0.472. The monoisotopic (exact) mass is 156 g/mol. The molecule has 1 heterocycles. The minimum atomic E-state index is 0.539. The van der Waals surface area contributed by atoms with Crippen LogP contribution >= 0.6 is 11.3 Å². The first-order chi connectivity index (χ1) is 4.83. The smallest absolute Gasteiger partial charge is 0.189 e. The van der Waals surface area contributed by atoms with Crippen molar-refractivity contribution in [2.75, 3.05) is 18.1 Å². The molecular formula is C5H8N4S. The van der Waals surface area contributed by atoms with Crippen molar-refractivity contribution < 1.29 is 0 Å². The molecule has 0 aromatic carbocycles. The van der Waals surface area contributed by atoms with E-state index in [1.807, 2.05) is 0 Å². The van der Waals surface area contributed by atoms with Gasteiger partial charge in [0.15, 0.2) is 5.13 Å². The Morgan fingerprint density at radius 2 is 2.70 bits per heavy atom. The van der Waals surface area contributed by atoms with Crippen LogP contribution in [0.3, 0.4) is 0 Å². The number of nitrogens with two attached hydrogens (primary N) is 1. The van der Waals surface area contributed by atoms with Gasteiger partial charge in [0.05, 0.1) is 6.34 Å². The molecule has 0 bridgehead atoms. The Hall–Kier alpha value is -1.10. The Morgan fingerprint density at radius 1 is 1.90 bits per heavy atom. The van der Waals surface area contributed by atoms with Gasteiger partial charge in [0.1, 0.15) is 5.82 Å². The summed E-state index contributed by atoms with van der Waals surface area (Å²) >= 11 is 1.45. The minimum absolute atomic E-state index is 0.539. The highest BCUT2D eigenvalue weighted by molar-refractivity contribution is 7.14. The second-order valence-electron chi connectivity index (χ2n) is 1.61. The Kier molecular flexibility index (Phi) is 2.22. The summed E-state index contributed by atoms with van der Waals surface area (Å²) in [6.07, 6.45) is 1.57. The molecule has 1 aromatic rings. The fraction of sp³-hybridized carbons (Fsp3) is 0.200. The highest BCUT2D eigenvalue weighted by atomic mass is 32.1. The van der Waals surface area contributed by atoms with E-state index in [0.29, 0.717) is 5.82 Å². The van der Waals surface area contributed by atoms with Gasteiger partial charge in [-0.1, -0.05) is 0 Å². The van der Waals surface area contributed by atoms with Gasteiger partial charge >= 0.3 is 0 Å². The van der Waals surface area contributed by atoms with Gasteiger partial charge in [-0.15, -0.1) is 11.3 Å². The molecule has 0 aliphatic rings. The summed E-state index contributed by atoms with van der Waals surface area (Å²) in [5, 5.41) is 5.39. The van der Waals surface area contributed by atoms with Crippen LogP contribution in [-0.2, 0) is 0 Å². The van der Waals surface area contributed by atoms with Gasteiger partial charge in [0.2, 0.25) is 0 Å². The minimum Gasteiger partial charge on any atom is -0.383 e. The summed E-state index contributed by atoms with van der Waals surface area (Å²) in [4.78, 5) is 7.67. The second-order valence-corrected chi connectivity index (χ2v) is 2.47. The van der Waals surface area contributed by atoms with E-state index in [-0.39, 0.29) is 0 Å². The van der Waals surface area contributed by atoms with Gasteiger partial charge in [0, 0.05) is 12.4 Å². The number of nitrogens with zero attached hydrogens (tertiary/aromatic N) is 2. The molecule has 54 valence electrons. The third kappa shape index (κ3) is 1.70. The first kappa shape index (κ1) is 7.01. The maximum absolute atomic E-state index is 5.37. The normalized spacial score (nSPS) is 10.5. The number of aliphatic imine (C=N–C) groups is 1. The van der Waals surface area contributed by atoms with Gasteiger partial charge in [-0.3, -0.25) is 4.99 Å². The van der Waals surface area contributed by atoms with Gasteiger partial charge in [-0.25, -0.2) is 4.98 Å². The molecule has 0 amide bonds. The van der Waals surface area contributed by atoms with Crippen LogP contribution in [0.5, 0.6) is 0 Å². The van der Waals surface area contributed by atoms with Crippen molar-refractivity contribution in [1.29, 1.82) is 0 Å². The lowest BCUT2D eigenvalue weighted by molar-refractivity contribution is 1.40. The average molecular weight is 156 g/mol. The van der Waals surface area contributed by atoms with Crippen LogP contribution < -0.4 is 11.1 Å². The lowest BCUT2D eigenvalue weighted by Gasteiger charge is -1.88. The van der Waals surface area contributed by atoms with Crippen molar-refractivity contribution in [2.45, 2.75) is 0 Å². The van der Waals surface area contributed by atoms with Crippen molar-refractivity contribution in [1.82, 2.24) is 4.98 Å². The summed E-state index contributed by atoms with van der Waals surface area (Å²) in [7, 11) is 1.68. The fourth-order valence-corrected chi connectivity index (χ4v) is 1.04. The molecule has 4 nitrogen and oxygen atoms in total. The van der Waals surface area contributed by atoms with Crippen molar-refractivity contribution in [3.8, 4) is 0 Å². The topological polar surface area (TPSA) is 63.3 Å². The molecular weight excluding hydrogens is 148 g/mol. The number of hydrogen-bond acceptors (Lipinski definition) is 4. The van der Waals surface area contributed by atoms with Gasteiger partial charge in [0.25, 0.3) is 0 Å². The van der Waals surface area contributed by atoms with Crippen LogP contribution in [0.15, 0.2) is 10.4 Å². The van der Waals surface area contributed by atoms with E-state index in [2.05, 4.69) is 15.3 Å². The van der Waals surface area contributed by atoms with Gasteiger partial charge < -0.3 is 11.1 Å². The molecule has 10 heavy (non-hydrogen) atoms. The van der Waals surface area contributed by atoms with Crippen molar-refractivity contribution in [2.24, 2.45) is 4.99 Å². The molecule has 0 unspecified atom stereocenters. The largest absolute Gasteiger partial charge is 0.383 e. The third-order valence-corrected chi connectivity index (χ3v) is 1.63. The van der Waals surface area contributed by atoms with E-state index in [9.17, 15) is 0 Å². The molecule has 0 spiro atoms. The maximum Gasteiger partial charge on any atom is 0.189 e. The molecule has 0 saturated carbocycles. The highest BCUT2D eigenvalue weighted by Gasteiger charge is 1.93. The average Bonchev–Trinajstić information content (AvgIpc) is 2.31. The van der Waals surface area contributed by atoms with Crippen LogP contribution in [0.4, 0.5) is 10.9 Å². The van der Waals surface area contributed by atoms with E-state index in [1.54, 1.807) is 18.8 Å². The molecule has 1 aromatic heterocycles. The number of thiazole rings is 1. The summed E-state index contributed by atoms with van der Waals surface area (Å²) in [5.74, 6) is 0.539. The van der Waals surface area contributed by atoms with Crippen LogP contribution in [0.25, 0.3) is 0 Å². The molecule has 0 atom stereocenters. The summed E-state index contributed by atoms with van der Waals surface area (Å²) in [6, 6.07) is 0. The number of rotatable bonds is 2. The SMILES string of the molecule is CN=CNc1nc(N)cs1. The first-order valence-electron chi connectivity index (χ1n) is 2.71. The Morgan fingerprint density at radius 3 is 3.20 bits per heavy atom. The maximum atomic E-state index is 5.37. The van der Waals surface area contributed by atoms with Crippen molar-refractivity contribution in [3.63, 3.8) is 0 Å². The molecule has 0 aliphatic heterocycles. The Balaban J connectivity index is 2.58. The van der Waals surface area contributed by atoms with E-state index < -0.39 is 0 Å². The second kappa shape index (κ2) is 3.17. The Labute approximate surface area is 62.8 Å². The molecule has 0 aliphatic carbocycles. The molecule has 0 radical (unpaired) electrons. The molecule has 0 fully saturated rings. The third-order valence-electron chi connectivity index (χ3n) is 0.839. The van der Waals surface area contributed by atoms with Gasteiger partial charge in [-0.2, -0.15) is 0 Å². The number of anilines is 2. The predicted molar refractivity (Wildman–Crippen MR) is 44.6 cm³/mol. The number of aromatic nitrogens is 1. The zero-order chi connectivity index (χ0) is 7.40. The number of hydrogen-bond donors (Lipinski definition) is 2. The van der Waals surface area contributed by atoms with E-state index >= 15 is 0 Å². The zero-order valence-electron chi connectivity index (χ0n) is 5.53. The summed E-state index contributed by atoms with van der Waals surface area (Å²) < 4.78 is 0. The zero-order valence-corrected chi connectivity index (χ0v) is 6.35. The van der Waals surface area contributed by atoms with Crippen LogP contribution in [0.2, 0.25) is 0 Å². The molecule has 5 heteroatoms. The van der Waals surface area contributed by atoms with Crippen molar-refractivity contribution in [3.05, 3.63) is 5.38 Å². The standard InChI is InChI=1S/C5H8N4S/c1-7-3-8-5-9-4(6)2-10-5/h2-3H,6H2,1H3,(H,7,8,9). The molecule has 0 saturated heterocycles. The predicted octanol–water partition coefficient (Wildman–Crippen LogP) is 0.795. The highest BCUT2D eigenvalue weighted by Crippen LogP contribution is 2.14. The van der Waals surface area contributed by atoms with E-state index in [0.717, 1.165) is 5.13 Å².